The van der Waals surface area contributed by atoms with Crippen LogP contribution in [0, 0.1) is 0 Å². The molecule has 0 spiro atoms. The van der Waals surface area contributed by atoms with Crippen LogP contribution in [0.1, 0.15) is 31.2 Å². The van der Waals surface area contributed by atoms with Gasteiger partial charge in [0, 0.05) is 18.1 Å². The summed E-state index contributed by atoms with van der Waals surface area (Å²) in [5.41, 5.74) is 1.11. The molecule has 1 aliphatic rings. The average Bonchev–Trinajstić information content (AvgIpc) is 2.57. The standard InChI is InChI=1S/C13H17ClN2/c14-13-7-5-12(6-8-13)11-15-16-9-3-1-2-4-10-16/h5-8,11H,1-4,9-10H2/b15-11+. The number of rotatable bonds is 2. The molecule has 86 valence electrons. The van der Waals surface area contributed by atoms with Gasteiger partial charge in [-0.1, -0.05) is 36.6 Å². The van der Waals surface area contributed by atoms with Crippen molar-refractivity contribution in [1.29, 1.82) is 0 Å². The minimum atomic E-state index is 0.770. The van der Waals surface area contributed by atoms with Crippen LogP contribution in [0.25, 0.3) is 0 Å². The highest BCUT2D eigenvalue weighted by Gasteiger charge is 2.04. The third kappa shape index (κ3) is 3.53. The zero-order valence-electron chi connectivity index (χ0n) is 9.40. The summed E-state index contributed by atoms with van der Waals surface area (Å²) in [4.78, 5) is 0. The molecule has 0 atom stereocenters. The van der Waals surface area contributed by atoms with Crippen LogP contribution in [0.2, 0.25) is 5.02 Å². The molecule has 0 aliphatic carbocycles. The molecule has 2 nitrogen and oxygen atoms in total. The molecule has 0 bridgehead atoms. The summed E-state index contributed by atoms with van der Waals surface area (Å²) in [5.74, 6) is 0. The second-order valence-electron chi connectivity index (χ2n) is 4.16. The number of hydrazone groups is 1. The van der Waals surface area contributed by atoms with Crippen LogP contribution in [-0.4, -0.2) is 24.3 Å². The molecule has 0 N–H and O–H groups in total. The molecule has 1 saturated heterocycles. The fraction of sp³-hybridized carbons (Fsp3) is 0.462. The number of nitrogens with zero attached hydrogens (tertiary/aromatic N) is 2. The maximum absolute atomic E-state index is 5.83. The molecular weight excluding hydrogens is 220 g/mol. The summed E-state index contributed by atoms with van der Waals surface area (Å²) in [6.07, 6.45) is 7.12. The molecule has 0 radical (unpaired) electrons. The Morgan fingerprint density at radius 1 is 1.00 bits per heavy atom. The minimum Gasteiger partial charge on any atom is -0.297 e. The second-order valence-corrected chi connectivity index (χ2v) is 4.60. The lowest BCUT2D eigenvalue weighted by molar-refractivity contribution is 0.302. The normalized spacial score (nSPS) is 17.7. The van der Waals surface area contributed by atoms with E-state index in [9.17, 15) is 0 Å². The Hall–Kier alpha value is -1.02. The van der Waals surface area contributed by atoms with E-state index >= 15 is 0 Å². The first-order valence-corrected chi connectivity index (χ1v) is 6.27. The Labute approximate surface area is 102 Å². The maximum atomic E-state index is 5.83. The highest BCUT2D eigenvalue weighted by molar-refractivity contribution is 6.30. The van der Waals surface area contributed by atoms with Crippen LogP contribution >= 0.6 is 11.6 Å². The summed E-state index contributed by atoms with van der Waals surface area (Å²) < 4.78 is 0. The van der Waals surface area contributed by atoms with E-state index in [-0.39, 0.29) is 0 Å². The van der Waals surface area contributed by atoms with E-state index in [1.54, 1.807) is 0 Å². The quantitative estimate of drug-likeness (QED) is 0.717. The molecule has 1 aliphatic heterocycles. The molecular formula is C13H17ClN2. The molecule has 0 amide bonds. The fourth-order valence-electron chi connectivity index (χ4n) is 1.87. The van der Waals surface area contributed by atoms with Gasteiger partial charge in [-0.05, 0) is 30.5 Å². The average molecular weight is 237 g/mol. The molecule has 3 heteroatoms. The van der Waals surface area contributed by atoms with E-state index in [2.05, 4.69) is 10.1 Å². The largest absolute Gasteiger partial charge is 0.297 e. The number of benzene rings is 1. The van der Waals surface area contributed by atoms with Gasteiger partial charge in [-0.3, -0.25) is 5.01 Å². The number of halogens is 1. The second kappa shape index (κ2) is 5.90. The Morgan fingerprint density at radius 2 is 1.62 bits per heavy atom. The van der Waals surface area contributed by atoms with Crippen LogP contribution in [0.3, 0.4) is 0 Å². The zero-order valence-corrected chi connectivity index (χ0v) is 10.2. The van der Waals surface area contributed by atoms with Crippen molar-refractivity contribution in [3.8, 4) is 0 Å². The van der Waals surface area contributed by atoms with Crippen molar-refractivity contribution < 1.29 is 0 Å². The van der Waals surface area contributed by atoms with E-state index in [0.717, 1.165) is 23.7 Å². The molecule has 0 unspecified atom stereocenters. The highest BCUT2D eigenvalue weighted by Crippen LogP contribution is 2.11. The van der Waals surface area contributed by atoms with Crippen LogP contribution in [-0.2, 0) is 0 Å². The predicted octanol–water partition coefficient (Wildman–Crippen LogP) is 3.55. The maximum Gasteiger partial charge on any atom is 0.0542 e. The van der Waals surface area contributed by atoms with Crippen molar-refractivity contribution in [3.63, 3.8) is 0 Å². The molecule has 0 aromatic heterocycles. The molecule has 16 heavy (non-hydrogen) atoms. The van der Waals surface area contributed by atoms with E-state index in [4.69, 9.17) is 11.6 Å². The van der Waals surface area contributed by atoms with Gasteiger partial charge in [0.05, 0.1) is 6.21 Å². The van der Waals surface area contributed by atoms with Crippen molar-refractivity contribution in [2.75, 3.05) is 13.1 Å². The van der Waals surface area contributed by atoms with Crippen LogP contribution < -0.4 is 0 Å². The summed E-state index contributed by atoms with van der Waals surface area (Å²) in [5, 5.41) is 7.45. The van der Waals surface area contributed by atoms with Crippen molar-refractivity contribution in [2.45, 2.75) is 25.7 Å². The zero-order chi connectivity index (χ0) is 11.2. The van der Waals surface area contributed by atoms with E-state index in [1.165, 1.54) is 25.7 Å². The lowest BCUT2D eigenvalue weighted by atomic mass is 10.2. The SMILES string of the molecule is Clc1ccc(/C=N/N2CCCCCC2)cc1. The lowest BCUT2D eigenvalue weighted by Crippen LogP contribution is -2.18. The number of hydrogen-bond acceptors (Lipinski definition) is 2. The third-order valence-corrected chi connectivity index (χ3v) is 3.07. The molecule has 2 rings (SSSR count). The van der Waals surface area contributed by atoms with Gasteiger partial charge >= 0.3 is 0 Å². The van der Waals surface area contributed by atoms with E-state index < -0.39 is 0 Å². The van der Waals surface area contributed by atoms with Gasteiger partial charge in [-0.2, -0.15) is 5.10 Å². The summed E-state index contributed by atoms with van der Waals surface area (Å²) >= 11 is 5.83. The van der Waals surface area contributed by atoms with Gasteiger partial charge < -0.3 is 0 Å². The summed E-state index contributed by atoms with van der Waals surface area (Å²) in [6, 6.07) is 7.77. The van der Waals surface area contributed by atoms with Crippen molar-refractivity contribution >= 4 is 17.8 Å². The van der Waals surface area contributed by atoms with E-state index in [1.807, 2.05) is 30.5 Å². The predicted molar refractivity (Wildman–Crippen MR) is 69.1 cm³/mol. The Morgan fingerprint density at radius 3 is 2.25 bits per heavy atom. The van der Waals surface area contributed by atoms with Gasteiger partial charge in [-0.25, -0.2) is 0 Å². The van der Waals surface area contributed by atoms with Gasteiger partial charge in [0.25, 0.3) is 0 Å². The Kier molecular flexibility index (Phi) is 4.23. The first kappa shape index (κ1) is 11.5. The van der Waals surface area contributed by atoms with Crippen molar-refractivity contribution in [1.82, 2.24) is 5.01 Å². The highest BCUT2D eigenvalue weighted by atomic mass is 35.5. The first-order valence-electron chi connectivity index (χ1n) is 5.89. The minimum absolute atomic E-state index is 0.770. The van der Waals surface area contributed by atoms with Crippen LogP contribution in [0.5, 0.6) is 0 Å². The van der Waals surface area contributed by atoms with E-state index in [0.29, 0.717) is 0 Å². The molecule has 1 heterocycles. The molecule has 1 aromatic carbocycles. The first-order chi connectivity index (χ1) is 7.84. The van der Waals surface area contributed by atoms with Gasteiger partial charge in [0.15, 0.2) is 0 Å². The summed E-state index contributed by atoms with van der Waals surface area (Å²) in [7, 11) is 0. The lowest BCUT2D eigenvalue weighted by Gasteiger charge is -2.15. The van der Waals surface area contributed by atoms with Gasteiger partial charge in [0.2, 0.25) is 0 Å². The molecule has 0 saturated carbocycles. The molecule has 1 aromatic rings. The Balaban J connectivity index is 1.94. The van der Waals surface area contributed by atoms with Crippen LogP contribution in [0.15, 0.2) is 29.4 Å². The van der Waals surface area contributed by atoms with Crippen LogP contribution in [0.4, 0.5) is 0 Å². The summed E-state index contributed by atoms with van der Waals surface area (Å²) in [6.45, 7) is 2.17. The van der Waals surface area contributed by atoms with Crippen molar-refractivity contribution in [3.05, 3.63) is 34.9 Å². The smallest absolute Gasteiger partial charge is 0.0542 e. The van der Waals surface area contributed by atoms with Gasteiger partial charge in [0.1, 0.15) is 0 Å². The fourth-order valence-corrected chi connectivity index (χ4v) is 1.99. The monoisotopic (exact) mass is 236 g/mol. The third-order valence-electron chi connectivity index (χ3n) is 2.82. The van der Waals surface area contributed by atoms with Crippen molar-refractivity contribution in [2.24, 2.45) is 5.10 Å². The number of hydrogen-bond donors (Lipinski definition) is 0. The van der Waals surface area contributed by atoms with Gasteiger partial charge in [-0.15, -0.1) is 0 Å². The molecule has 1 fully saturated rings. The topological polar surface area (TPSA) is 15.6 Å². The Bertz CT molecular complexity index is 337.